The lowest BCUT2D eigenvalue weighted by atomic mass is 10.1. The maximum atomic E-state index is 12.5. The van der Waals surface area contributed by atoms with E-state index in [1.54, 1.807) is 48.5 Å². The van der Waals surface area contributed by atoms with Crippen LogP contribution in [0.2, 0.25) is 0 Å². The van der Waals surface area contributed by atoms with Gasteiger partial charge in [0.2, 0.25) is 0 Å². The molecular weight excluding hydrogens is 356 g/mol. The number of aromatic nitrogens is 1. The smallest absolute Gasteiger partial charge is 0.321 e. The number of para-hydroxylation sites is 1. The van der Waals surface area contributed by atoms with Crippen molar-refractivity contribution in [3.63, 3.8) is 0 Å². The minimum absolute atomic E-state index is 0.103. The molecule has 0 aliphatic heterocycles. The summed E-state index contributed by atoms with van der Waals surface area (Å²) < 4.78 is 0. The molecule has 0 spiro atoms. The van der Waals surface area contributed by atoms with Gasteiger partial charge in [0, 0.05) is 5.56 Å². The number of thiazole rings is 1. The molecule has 8 nitrogen and oxygen atoms in total. The highest BCUT2D eigenvalue weighted by atomic mass is 32.1. The van der Waals surface area contributed by atoms with E-state index in [2.05, 4.69) is 15.6 Å². The summed E-state index contributed by atoms with van der Waals surface area (Å²) >= 11 is 0.751. The van der Waals surface area contributed by atoms with E-state index in [0.717, 1.165) is 17.5 Å². The first-order valence-corrected chi connectivity index (χ1v) is 8.23. The highest BCUT2D eigenvalue weighted by molar-refractivity contribution is 7.18. The quantitative estimate of drug-likeness (QED) is 0.528. The number of rotatable bonds is 5. The summed E-state index contributed by atoms with van der Waals surface area (Å²) in [4.78, 5) is 38.7. The molecule has 9 heteroatoms. The van der Waals surface area contributed by atoms with Crippen LogP contribution in [0.5, 0.6) is 0 Å². The molecule has 2 N–H and O–H groups in total. The number of hydrogen-bond donors (Lipinski definition) is 2. The summed E-state index contributed by atoms with van der Waals surface area (Å²) in [6.07, 6.45) is 1.07. The molecular formula is C17H12N4O4S. The van der Waals surface area contributed by atoms with Crippen LogP contribution in [0.4, 0.5) is 15.8 Å². The zero-order chi connectivity index (χ0) is 18.5. The summed E-state index contributed by atoms with van der Waals surface area (Å²) in [5, 5.41) is 15.8. The van der Waals surface area contributed by atoms with Gasteiger partial charge >= 0.3 is 5.00 Å². The molecule has 0 radical (unpaired) electrons. The Kier molecular flexibility index (Phi) is 4.99. The van der Waals surface area contributed by atoms with Crippen LogP contribution in [0.1, 0.15) is 20.7 Å². The van der Waals surface area contributed by atoms with Crippen LogP contribution in [-0.4, -0.2) is 21.7 Å². The minimum Gasteiger partial charge on any atom is -0.321 e. The number of benzene rings is 2. The number of nitrogens with zero attached hydrogens (tertiary/aromatic N) is 2. The Morgan fingerprint density at radius 2 is 1.65 bits per heavy atom. The number of amides is 2. The fourth-order valence-electron chi connectivity index (χ4n) is 2.15. The number of carbonyl (C=O) groups is 2. The van der Waals surface area contributed by atoms with E-state index in [-0.39, 0.29) is 21.6 Å². The standard InChI is InChI=1S/C17H12N4O4S/c22-15(11-6-2-1-3-7-11)19-13-9-5-4-8-12(13)16(23)20-17-18-10-14(26-17)21(24)25/h1-10H,(H,19,22)(H,18,20,23). The molecule has 1 heterocycles. The Balaban J connectivity index is 1.78. The van der Waals surface area contributed by atoms with E-state index in [0.29, 0.717) is 11.3 Å². The highest BCUT2D eigenvalue weighted by Gasteiger charge is 2.17. The van der Waals surface area contributed by atoms with Gasteiger partial charge in [-0.3, -0.25) is 25.0 Å². The van der Waals surface area contributed by atoms with E-state index in [1.165, 1.54) is 6.07 Å². The number of anilines is 2. The number of nitro groups is 1. The number of nitrogens with one attached hydrogen (secondary N) is 2. The van der Waals surface area contributed by atoms with Gasteiger partial charge in [0.1, 0.15) is 6.20 Å². The average Bonchev–Trinajstić information content (AvgIpc) is 3.11. The van der Waals surface area contributed by atoms with Crippen LogP contribution in [0.3, 0.4) is 0 Å². The van der Waals surface area contributed by atoms with Gasteiger partial charge in [-0.05, 0) is 35.6 Å². The Morgan fingerprint density at radius 3 is 2.35 bits per heavy atom. The van der Waals surface area contributed by atoms with E-state index >= 15 is 0 Å². The third-order valence-electron chi connectivity index (χ3n) is 3.35. The summed E-state index contributed by atoms with van der Waals surface area (Å²) in [6.45, 7) is 0. The van der Waals surface area contributed by atoms with Gasteiger partial charge in [0.05, 0.1) is 16.2 Å². The van der Waals surface area contributed by atoms with Crippen molar-refractivity contribution in [3.05, 3.63) is 82.0 Å². The molecule has 0 saturated carbocycles. The monoisotopic (exact) mass is 368 g/mol. The first-order valence-electron chi connectivity index (χ1n) is 7.41. The summed E-state index contributed by atoms with van der Waals surface area (Å²) in [5.74, 6) is -0.881. The Labute approximate surface area is 151 Å². The lowest BCUT2D eigenvalue weighted by Gasteiger charge is -2.10. The molecule has 3 rings (SSSR count). The van der Waals surface area contributed by atoms with Gasteiger partial charge in [-0.15, -0.1) is 0 Å². The molecule has 0 bridgehead atoms. The van der Waals surface area contributed by atoms with Gasteiger partial charge in [0.25, 0.3) is 11.8 Å². The molecule has 130 valence electrons. The minimum atomic E-state index is -0.582. The van der Waals surface area contributed by atoms with Gasteiger partial charge in [-0.2, -0.15) is 0 Å². The molecule has 0 saturated heterocycles. The van der Waals surface area contributed by atoms with Gasteiger partial charge in [-0.1, -0.05) is 30.3 Å². The van der Waals surface area contributed by atoms with Crippen molar-refractivity contribution in [2.75, 3.05) is 10.6 Å². The lowest BCUT2D eigenvalue weighted by molar-refractivity contribution is -0.380. The second-order valence-corrected chi connectivity index (χ2v) is 6.09. The predicted octanol–water partition coefficient (Wildman–Crippen LogP) is 3.56. The maximum absolute atomic E-state index is 12.5. The van der Waals surface area contributed by atoms with Crippen molar-refractivity contribution in [1.82, 2.24) is 4.98 Å². The zero-order valence-electron chi connectivity index (χ0n) is 13.2. The molecule has 3 aromatic rings. The van der Waals surface area contributed by atoms with Crippen LogP contribution >= 0.6 is 11.3 Å². The Bertz CT molecular complexity index is 972. The summed E-state index contributed by atoms with van der Waals surface area (Å²) in [6, 6.07) is 15.1. The van der Waals surface area contributed by atoms with E-state index in [1.807, 2.05) is 0 Å². The van der Waals surface area contributed by atoms with Crippen molar-refractivity contribution in [3.8, 4) is 0 Å². The second-order valence-electron chi connectivity index (χ2n) is 5.08. The topological polar surface area (TPSA) is 114 Å². The molecule has 0 aliphatic rings. The van der Waals surface area contributed by atoms with Gasteiger partial charge in [0.15, 0.2) is 5.13 Å². The first kappa shape index (κ1) is 17.2. The molecule has 0 aliphatic carbocycles. The SMILES string of the molecule is O=C(Nc1ccccc1C(=O)Nc1ncc([N+](=O)[O-])s1)c1ccccc1. The molecule has 2 aromatic carbocycles. The third-order valence-corrected chi connectivity index (χ3v) is 4.21. The van der Waals surface area contributed by atoms with Crippen LogP contribution < -0.4 is 10.6 Å². The van der Waals surface area contributed by atoms with E-state index in [4.69, 9.17) is 0 Å². The molecule has 0 atom stereocenters. The van der Waals surface area contributed by atoms with E-state index in [9.17, 15) is 19.7 Å². The maximum Gasteiger partial charge on any atom is 0.345 e. The van der Waals surface area contributed by atoms with Crippen molar-refractivity contribution in [2.45, 2.75) is 0 Å². The van der Waals surface area contributed by atoms with Gasteiger partial charge in [-0.25, -0.2) is 4.98 Å². The fourth-order valence-corrected chi connectivity index (χ4v) is 2.77. The third kappa shape index (κ3) is 3.90. The van der Waals surface area contributed by atoms with Crippen molar-refractivity contribution < 1.29 is 14.5 Å². The van der Waals surface area contributed by atoms with Gasteiger partial charge < -0.3 is 5.32 Å². The Hall–Kier alpha value is -3.59. The zero-order valence-corrected chi connectivity index (χ0v) is 14.0. The fraction of sp³-hybridized carbons (Fsp3) is 0. The molecule has 1 aromatic heterocycles. The summed E-state index contributed by atoms with van der Waals surface area (Å²) in [7, 11) is 0. The van der Waals surface area contributed by atoms with E-state index < -0.39 is 10.8 Å². The van der Waals surface area contributed by atoms with Crippen LogP contribution in [0, 0.1) is 10.1 Å². The van der Waals surface area contributed by atoms with Crippen LogP contribution in [0.25, 0.3) is 0 Å². The first-order chi connectivity index (χ1) is 12.5. The Morgan fingerprint density at radius 1 is 0.962 bits per heavy atom. The average molecular weight is 368 g/mol. The lowest BCUT2D eigenvalue weighted by Crippen LogP contribution is -2.18. The van der Waals surface area contributed by atoms with Crippen molar-refractivity contribution >= 4 is 39.0 Å². The summed E-state index contributed by atoms with van der Waals surface area (Å²) in [5.41, 5.74) is 0.998. The largest absolute Gasteiger partial charge is 0.345 e. The van der Waals surface area contributed by atoms with Crippen molar-refractivity contribution in [1.29, 1.82) is 0 Å². The number of hydrogen-bond acceptors (Lipinski definition) is 6. The highest BCUT2D eigenvalue weighted by Crippen LogP contribution is 2.26. The van der Waals surface area contributed by atoms with Crippen molar-refractivity contribution in [2.24, 2.45) is 0 Å². The second kappa shape index (κ2) is 7.53. The normalized spacial score (nSPS) is 10.2. The molecule has 0 fully saturated rings. The molecule has 26 heavy (non-hydrogen) atoms. The van der Waals surface area contributed by atoms with Crippen LogP contribution in [0.15, 0.2) is 60.8 Å². The molecule has 0 unspecified atom stereocenters. The van der Waals surface area contributed by atoms with Crippen LogP contribution in [-0.2, 0) is 0 Å². The number of carbonyl (C=O) groups excluding carboxylic acids is 2. The molecule has 2 amide bonds. The predicted molar refractivity (Wildman–Crippen MR) is 97.6 cm³/mol.